The van der Waals surface area contributed by atoms with Crippen LogP contribution in [0.4, 0.5) is 0 Å². The summed E-state index contributed by atoms with van der Waals surface area (Å²) in [5.41, 5.74) is 0.549. The average molecular weight is 223 g/mol. The van der Waals surface area contributed by atoms with Crippen LogP contribution in [0.25, 0.3) is 0 Å². The van der Waals surface area contributed by atoms with Crippen LogP contribution in [0.3, 0.4) is 0 Å². The zero-order valence-electron chi connectivity index (χ0n) is 10.00. The Morgan fingerprint density at radius 2 is 1.94 bits per heavy atom. The van der Waals surface area contributed by atoms with Crippen molar-refractivity contribution in [3.8, 4) is 0 Å². The highest BCUT2D eigenvalue weighted by molar-refractivity contribution is 5.88. The molecule has 0 aliphatic heterocycles. The van der Waals surface area contributed by atoms with Gasteiger partial charge in [0.1, 0.15) is 0 Å². The Morgan fingerprint density at radius 1 is 1.38 bits per heavy atom. The highest BCUT2D eigenvalue weighted by atomic mass is 16.5. The first-order valence-corrected chi connectivity index (χ1v) is 6.30. The molecule has 0 bridgehead atoms. The first-order valence-electron chi connectivity index (χ1n) is 6.30. The molecule has 0 aromatic rings. The lowest BCUT2D eigenvalue weighted by molar-refractivity contribution is -0.138. The van der Waals surface area contributed by atoms with Gasteiger partial charge in [0.05, 0.1) is 6.61 Å². The van der Waals surface area contributed by atoms with E-state index in [1.165, 1.54) is 25.7 Å². The molecule has 3 nitrogen and oxygen atoms in total. The van der Waals surface area contributed by atoms with Crippen LogP contribution < -0.4 is 5.32 Å². The molecule has 0 aromatic heterocycles. The summed E-state index contributed by atoms with van der Waals surface area (Å²) >= 11 is 0. The fourth-order valence-electron chi connectivity index (χ4n) is 2.18. The Kier molecular flexibility index (Phi) is 3.64. The third-order valence-corrected chi connectivity index (χ3v) is 3.38. The Morgan fingerprint density at radius 3 is 2.38 bits per heavy atom. The van der Waals surface area contributed by atoms with Crippen molar-refractivity contribution < 1.29 is 9.53 Å². The van der Waals surface area contributed by atoms with E-state index in [2.05, 4.69) is 11.9 Å². The Hall–Kier alpha value is -0.830. The maximum Gasteiger partial charge on any atom is 0.334 e. The molecule has 2 rings (SSSR count). The molecule has 0 saturated heterocycles. The number of hydrogen-bond acceptors (Lipinski definition) is 3. The van der Waals surface area contributed by atoms with E-state index in [1.54, 1.807) is 0 Å². The molecule has 2 aliphatic rings. The third-order valence-electron chi connectivity index (χ3n) is 3.38. The molecule has 0 aromatic carbocycles. The number of nitrogens with one attached hydrogen (secondary N) is 1. The van der Waals surface area contributed by atoms with Gasteiger partial charge in [-0.15, -0.1) is 0 Å². The van der Waals surface area contributed by atoms with Crippen LogP contribution in [0.5, 0.6) is 0 Å². The summed E-state index contributed by atoms with van der Waals surface area (Å²) in [6.45, 7) is 6.59. The van der Waals surface area contributed by atoms with Gasteiger partial charge in [-0.05, 0) is 44.4 Å². The summed E-state index contributed by atoms with van der Waals surface area (Å²) in [6, 6.07) is 0.617. The summed E-state index contributed by atoms with van der Waals surface area (Å²) in [5.74, 6) is 1.44. The fraction of sp³-hybridized carbons (Fsp3) is 0.769. The molecule has 0 unspecified atom stereocenters. The molecule has 0 amide bonds. The topological polar surface area (TPSA) is 38.3 Å². The van der Waals surface area contributed by atoms with Crippen molar-refractivity contribution in [2.24, 2.45) is 11.8 Å². The van der Waals surface area contributed by atoms with Gasteiger partial charge in [-0.2, -0.15) is 0 Å². The minimum Gasteiger partial charge on any atom is -0.463 e. The third kappa shape index (κ3) is 3.08. The maximum absolute atomic E-state index is 11.4. The molecule has 2 saturated carbocycles. The lowest BCUT2D eigenvalue weighted by atomic mass is 10.1. The van der Waals surface area contributed by atoms with Gasteiger partial charge >= 0.3 is 5.97 Å². The van der Waals surface area contributed by atoms with Gasteiger partial charge in [-0.1, -0.05) is 6.58 Å². The second kappa shape index (κ2) is 5.00. The zero-order valence-corrected chi connectivity index (χ0v) is 10.00. The van der Waals surface area contributed by atoms with Crippen molar-refractivity contribution in [1.29, 1.82) is 0 Å². The van der Waals surface area contributed by atoms with Crippen molar-refractivity contribution in [3.05, 3.63) is 12.2 Å². The summed E-state index contributed by atoms with van der Waals surface area (Å²) in [7, 11) is 0. The van der Waals surface area contributed by atoms with Crippen molar-refractivity contribution in [2.75, 3.05) is 13.2 Å². The van der Waals surface area contributed by atoms with Crippen molar-refractivity contribution in [3.63, 3.8) is 0 Å². The summed E-state index contributed by atoms with van der Waals surface area (Å²) < 4.78 is 4.91. The van der Waals surface area contributed by atoms with Gasteiger partial charge in [-0.3, -0.25) is 0 Å². The van der Waals surface area contributed by atoms with E-state index in [0.717, 1.165) is 11.8 Å². The Balaban J connectivity index is 1.72. The molecule has 1 N–H and O–H groups in total. The molecular weight excluding hydrogens is 202 g/mol. The fourth-order valence-corrected chi connectivity index (χ4v) is 2.18. The molecule has 0 atom stereocenters. The van der Waals surface area contributed by atoms with Crippen molar-refractivity contribution in [2.45, 2.75) is 38.6 Å². The van der Waals surface area contributed by atoms with Crippen LogP contribution >= 0.6 is 0 Å². The SMILES string of the molecule is C=C(CNC(C1CC1)C1CC1)C(=O)OCC. The zero-order chi connectivity index (χ0) is 11.5. The second-order valence-corrected chi connectivity index (χ2v) is 4.91. The quantitative estimate of drug-likeness (QED) is 0.529. The van der Waals surface area contributed by atoms with E-state index in [9.17, 15) is 4.79 Å². The summed E-state index contributed by atoms with van der Waals surface area (Å²) in [5, 5.41) is 3.48. The summed E-state index contributed by atoms with van der Waals surface area (Å²) in [4.78, 5) is 11.4. The first-order chi connectivity index (χ1) is 7.72. The normalized spacial score (nSPS) is 19.9. The highest BCUT2D eigenvalue weighted by Crippen LogP contribution is 2.44. The van der Waals surface area contributed by atoms with Crippen LogP contribution in [-0.4, -0.2) is 25.2 Å². The predicted octanol–water partition coefficient (Wildman–Crippen LogP) is 1.88. The number of ether oxygens (including phenoxy) is 1. The highest BCUT2D eigenvalue weighted by Gasteiger charge is 2.41. The molecule has 0 heterocycles. The van der Waals surface area contributed by atoms with E-state index >= 15 is 0 Å². The van der Waals surface area contributed by atoms with Crippen molar-refractivity contribution >= 4 is 5.97 Å². The average Bonchev–Trinajstić information content (AvgIpc) is 3.12. The van der Waals surface area contributed by atoms with E-state index in [1.807, 2.05) is 6.92 Å². The Bertz CT molecular complexity index is 268. The van der Waals surface area contributed by atoms with E-state index in [4.69, 9.17) is 4.74 Å². The lowest BCUT2D eigenvalue weighted by Gasteiger charge is -2.17. The van der Waals surface area contributed by atoms with Crippen LogP contribution in [-0.2, 0) is 9.53 Å². The van der Waals surface area contributed by atoms with Crippen LogP contribution in [0.15, 0.2) is 12.2 Å². The van der Waals surface area contributed by atoms with Crippen LogP contribution in [0.2, 0.25) is 0 Å². The van der Waals surface area contributed by atoms with Crippen LogP contribution in [0, 0.1) is 11.8 Å². The molecule has 0 spiro atoms. The van der Waals surface area contributed by atoms with Crippen LogP contribution in [0.1, 0.15) is 32.6 Å². The molecule has 0 radical (unpaired) electrons. The van der Waals surface area contributed by atoms with E-state index in [0.29, 0.717) is 24.8 Å². The molecule has 2 aliphatic carbocycles. The largest absolute Gasteiger partial charge is 0.463 e. The Labute approximate surface area is 97.2 Å². The van der Waals surface area contributed by atoms with Gasteiger partial charge in [0.2, 0.25) is 0 Å². The number of esters is 1. The number of carbonyl (C=O) groups excluding carboxylic acids is 1. The van der Waals surface area contributed by atoms with Gasteiger partial charge in [0, 0.05) is 18.2 Å². The molecule has 16 heavy (non-hydrogen) atoms. The predicted molar refractivity (Wildman–Crippen MR) is 63.0 cm³/mol. The van der Waals surface area contributed by atoms with E-state index < -0.39 is 0 Å². The van der Waals surface area contributed by atoms with Crippen molar-refractivity contribution in [1.82, 2.24) is 5.32 Å². The van der Waals surface area contributed by atoms with Gasteiger partial charge in [0.25, 0.3) is 0 Å². The summed E-state index contributed by atoms with van der Waals surface area (Å²) in [6.07, 6.45) is 5.39. The molecule has 90 valence electrons. The monoisotopic (exact) mass is 223 g/mol. The van der Waals surface area contributed by atoms with Gasteiger partial charge < -0.3 is 10.1 Å². The minimum absolute atomic E-state index is 0.264. The molecule has 2 fully saturated rings. The lowest BCUT2D eigenvalue weighted by Crippen LogP contribution is -2.35. The number of hydrogen-bond donors (Lipinski definition) is 1. The molecular formula is C13H21NO2. The minimum atomic E-state index is -0.264. The standard InChI is InChI=1S/C13H21NO2/c1-3-16-13(15)9(2)8-14-12(10-4-5-10)11-6-7-11/h10-12,14H,2-8H2,1H3. The smallest absolute Gasteiger partial charge is 0.334 e. The number of rotatable bonds is 7. The number of carbonyl (C=O) groups is 1. The van der Waals surface area contributed by atoms with E-state index in [-0.39, 0.29) is 5.97 Å². The van der Waals surface area contributed by atoms with Gasteiger partial charge in [0.15, 0.2) is 0 Å². The van der Waals surface area contributed by atoms with Gasteiger partial charge in [-0.25, -0.2) is 4.79 Å². The second-order valence-electron chi connectivity index (χ2n) is 4.91. The molecule has 3 heteroatoms. The maximum atomic E-state index is 11.4. The first kappa shape index (κ1) is 11.6.